The van der Waals surface area contributed by atoms with E-state index in [1.165, 1.54) is 51.4 Å². The maximum atomic E-state index is 6.25. The lowest BCUT2D eigenvalue weighted by atomic mass is 10.4. The highest BCUT2D eigenvalue weighted by molar-refractivity contribution is 7.75. The molecule has 0 aliphatic rings. The Labute approximate surface area is 123 Å². The highest BCUT2D eigenvalue weighted by Gasteiger charge is 2.34. The van der Waals surface area contributed by atoms with Crippen LogP contribution in [0.2, 0.25) is 0 Å². The topological polar surface area (TPSA) is 23.8 Å². The van der Waals surface area contributed by atoms with Crippen LogP contribution in [0.1, 0.15) is 79.1 Å². The number of unbranched alkanes of at least 4 members (excludes halogenated alkanes) is 4. The van der Waals surface area contributed by atoms with E-state index in [1.807, 2.05) is 0 Å². The molecule has 0 saturated heterocycles. The third-order valence-electron chi connectivity index (χ3n) is 3.94. The lowest BCUT2D eigenvalue weighted by Crippen LogP contribution is -2.12. The maximum Gasteiger partial charge on any atom is 0.0594 e. The predicted octanol–water partition coefficient (Wildman–Crippen LogP) is 6.30. The SMILES string of the molecule is CCCC[P+](CCCC)(CCCC)CCCC.[C-]#N. The third-order valence-corrected chi connectivity index (χ3v) is 9.00. The van der Waals surface area contributed by atoms with Crippen LogP contribution in [-0.4, -0.2) is 24.6 Å². The van der Waals surface area contributed by atoms with Gasteiger partial charge in [0, 0.05) is 7.26 Å². The summed E-state index contributed by atoms with van der Waals surface area (Å²) in [5, 5.41) is 6.25. The maximum absolute atomic E-state index is 6.25. The van der Waals surface area contributed by atoms with Crippen molar-refractivity contribution in [2.75, 3.05) is 24.6 Å². The number of hydrogen-bond acceptors (Lipinski definition) is 1. The monoisotopic (exact) mass is 285 g/mol. The van der Waals surface area contributed by atoms with Gasteiger partial charge in [-0.25, -0.2) is 0 Å². The molecule has 0 aliphatic heterocycles. The van der Waals surface area contributed by atoms with Crippen molar-refractivity contribution in [1.82, 2.24) is 0 Å². The summed E-state index contributed by atoms with van der Waals surface area (Å²) in [6.07, 6.45) is 17.9. The van der Waals surface area contributed by atoms with E-state index >= 15 is 0 Å². The normalized spacial score (nSPS) is 10.8. The van der Waals surface area contributed by atoms with Gasteiger partial charge in [-0.15, -0.1) is 0 Å². The summed E-state index contributed by atoms with van der Waals surface area (Å²) in [5.74, 6) is 0. The van der Waals surface area contributed by atoms with Gasteiger partial charge in [0.1, 0.15) is 0 Å². The average Bonchev–Trinajstić information content (AvgIpc) is 2.48. The molecule has 0 amide bonds. The Kier molecular flexibility index (Phi) is 17.8. The second-order valence-electron chi connectivity index (χ2n) is 5.65. The van der Waals surface area contributed by atoms with Crippen molar-refractivity contribution >= 4 is 7.26 Å². The fourth-order valence-electron chi connectivity index (χ4n) is 2.64. The summed E-state index contributed by atoms with van der Waals surface area (Å²) in [6.45, 7) is 14.2. The lowest BCUT2D eigenvalue weighted by molar-refractivity contribution is 0.814. The van der Waals surface area contributed by atoms with Crippen molar-refractivity contribution in [2.45, 2.75) is 79.1 Å². The van der Waals surface area contributed by atoms with E-state index in [4.69, 9.17) is 11.8 Å². The molecule has 0 spiro atoms. The second-order valence-corrected chi connectivity index (χ2v) is 10.1. The molecule has 0 unspecified atom stereocenters. The second kappa shape index (κ2) is 16.0. The molecule has 0 saturated carbocycles. The molecule has 0 bridgehead atoms. The molecule has 19 heavy (non-hydrogen) atoms. The van der Waals surface area contributed by atoms with Crippen LogP contribution in [-0.2, 0) is 0 Å². The highest BCUT2D eigenvalue weighted by atomic mass is 31.2. The number of nitrogens with zero attached hydrogens (tertiary/aromatic N) is 1. The van der Waals surface area contributed by atoms with Crippen LogP contribution in [0.4, 0.5) is 0 Å². The molecule has 2 heteroatoms. The third kappa shape index (κ3) is 11.4. The fourth-order valence-corrected chi connectivity index (χ4v) is 7.93. The largest absolute Gasteiger partial charge is 0.512 e. The minimum atomic E-state index is -0.562. The zero-order chi connectivity index (χ0) is 15.0. The van der Waals surface area contributed by atoms with E-state index in [1.54, 1.807) is 24.6 Å². The van der Waals surface area contributed by atoms with Gasteiger partial charge in [0.2, 0.25) is 0 Å². The molecule has 0 aliphatic carbocycles. The fraction of sp³-hybridized carbons (Fsp3) is 0.941. The molecule has 0 N–H and O–H groups in total. The molecular formula is C17H36NP. The summed E-state index contributed by atoms with van der Waals surface area (Å²) >= 11 is 0. The van der Waals surface area contributed by atoms with Gasteiger partial charge in [-0.2, -0.15) is 0 Å². The Hall–Kier alpha value is -0.0800. The first-order valence-electron chi connectivity index (χ1n) is 8.32. The van der Waals surface area contributed by atoms with Crippen LogP contribution in [0.15, 0.2) is 0 Å². The van der Waals surface area contributed by atoms with Gasteiger partial charge in [-0.1, -0.05) is 53.4 Å². The molecule has 0 aromatic carbocycles. The van der Waals surface area contributed by atoms with Crippen LogP contribution >= 0.6 is 7.26 Å². The van der Waals surface area contributed by atoms with Gasteiger partial charge >= 0.3 is 0 Å². The lowest BCUT2D eigenvalue weighted by Gasteiger charge is -2.28. The van der Waals surface area contributed by atoms with Crippen molar-refractivity contribution < 1.29 is 0 Å². The van der Waals surface area contributed by atoms with Gasteiger partial charge in [0.05, 0.1) is 24.6 Å². The zero-order valence-electron chi connectivity index (χ0n) is 13.9. The van der Waals surface area contributed by atoms with Gasteiger partial charge in [0.15, 0.2) is 0 Å². The molecule has 1 nitrogen and oxygen atoms in total. The average molecular weight is 285 g/mol. The van der Waals surface area contributed by atoms with Crippen LogP contribution in [0.5, 0.6) is 0 Å². The molecule has 0 aromatic heterocycles. The summed E-state index contributed by atoms with van der Waals surface area (Å²) in [5.41, 5.74) is 0. The first-order chi connectivity index (χ1) is 9.24. The molecule has 0 aromatic rings. The molecule has 0 fully saturated rings. The van der Waals surface area contributed by atoms with E-state index in [-0.39, 0.29) is 0 Å². The summed E-state index contributed by atoms with van der Waals surface area (Å²) < 4.78 is 0. The first kappa shape index (κ1) is 21.2. The highest BCUT2D eigenvalue weighted by Crippen LogP contribution is 2.61. The summed E-state index contributed by atoms with van der Waals surface area (Å²) in [6, 6.07) is 0. The molecule has 0 atom stereocenters. The van der Waals surface area contributed by atoms with Gasteiger partial charge in [0.25, 0.3) is 0 Å². The van der Waals surface area contributed by atoms with E-state index in [9.17, 15) is 0 Å². The Morgan fingerprint density at radius 1 is 0.579 bits per heavy atom. The van der Waals surface area contributed by atoms with Gasteiger partial charge < -0.3 is 11.8 Å². The standard InChI is InChI=1S/C16H36P.CN/c1-5-9-13-17(14-10-6-2,15-11-7-3)16-12-8-4;1-2/h5-16H2,1-4H3;/q+1;-1. The van der Waals surface area contributed by atoms with E-state index in [2.05, 4.69) is 27.7 Å². The van der Waals surface area contributed by atoms with Crippen molar-refractivity contribution in [3.05, 3.63) is 6.57 Å². The van der Waals surface area contributed by atoms with E-state index in [0.29, 0.717) is 0 Å². The van der Waals surface area contributed by atoms with Crippen molar-refractivity contribution in [3.8, 4) is 0 Å². The minimum absolute atomic E-state index is 0.562. The minimum Gasteiger partial charge on any atom is -0.512 e. The Morgan fingerprint density at radius 2 is 0.789 bits per heavy atom. The van der Waals surface area contributed by atoms with E-state index in [0.717, 1.165) is 0 Å². The zero-order valence-corrected chi connectivity index (χ0v) is 14.8. The molecular weight excluding hydrogens is 249 g/mol. The molecule has 114 valence electrons. The Bertz CT molecular complexity index is 151. The van der Waals surface area contributed by atoms with Crippen molar-refractivity contribution in [2.24, 2.45) is 0 Å². The van der Waals surface area contributed by atoms with Crippen LogP contribution < -0.4 is 0 Å². The predicted molar refractivity (Wildman–Crippen MR) is 91.0 cm³/mol. The smallest absolute Gasteiger partial charge is 0.0594 e. The molecule has 0 radical (unpaired) electrons. The van der Waals surface area contributed by atoms with Gasteiger partial charge in [-0.05, 0) is 25.7 Å². The molecule has 0 heterocycles. The summed E-state index contributed by atoms with van der Waals surface area (Å²) in [7, 11) is -0.562. The van der Waals surface area contributed by atoms with Crippen LogP contribution in [0.25, 0.3) is 0 Å². The van der Waals surface area contributed by atoms with Gasteiger partial charge in [-0.3, -0.25) is 0 Å². The summed E-state index contributed by atoms with van der Waals surface area (Å²) in [4.78, 5) is 0. The van der Waals surface area contributed by atoms with Crippen molar-refractivity contribution in [3.63, 3.8) is 0 Å². The number of rotatable bonds is 12. The number of hydrogen-bond donors (Lipinski definition) is 0. The molecule has 0 rings (SSSR count). The Morgan fingerprint density at radius 3 is 0.947 bits per heavy atom. The van der Waals surface area contributed by atoms with E-state index < -0.39 is 7.26 Å². The first-order valence-corrected chi connectivity index (χ1v) is 10.8. The van der Waals surface area contributed by atoms with Crippen molar-refractivity contribution in [1.29, 1.82) is 5.26 Å². The quantitative estimate of drug-likeness (QED) is 0.305. The van der Waals surface area contributed by atoms with Crippen LogP contribution in [0.3, 0.4) is 0 Å². The van der Waals surface area contributed by atoms with Crippen LogP contribution in [0, 0.1) is 11.8 Å². The Balaban J connectivity index is 0.